The molecule has 6 heteroatoms. The molecule has 1 saturated carbocycles. The van der Waals surface area contributed by atoms with Gasteiger partial charge in [0.2, 0.25) is 0 Å². The maximum atomic E-state index is 12.5. The van der Waals surface area contributed by atoms with E-state index >= 15 is 0 Å². The zero-order valence-corrected chi connectivity index (χ0v) is 15.7. The quantitative estimate of drug-likeness (QED) is 0.632. The van der Waals surface area contributed by atoms with Gasteiger partial charge in [-0.05, 0) is 45.6 Å². The lowest BCUT2D eigenvalue weighted by Gasteiger charge is -2.56. The molecule has 26 heavy (non-hydrogen) atoms. The second-order valence-electron chi connectivity index (χ2n) is 7.79. The Morgan fingerprint density at radius 3 is 2.73 bits per heavy atom. The Bertz CT molecular complexity index is 775. The number of aliphatic carboxylic acids is 1. The van der Waals surface area contributed by atoms with Gasteiger partial charge in [-0.25, -0.2) is 4.79 Å². The summed E-state index contributed by atoms with van der Waals surface area (Å²) in [5.74, 6) is -1.72. The third-order valence-electron chi connectivity index (χ3n) is 6.45. The molecule has 4 unspecified atom stereocenters. The molecule has 3 rings (SSSR count). The first-order chi connectivity index (χ1) is 12.2. The fourth-order valence-corrected chi connectivity index (χ4v) is 4.64. The van der Waals surface area contributed by atoms with Crippen LogP contribution in [0.2, 0.25) is 0 Å². The van der Waals surface area contributed by atoms with Crippen molar-refractivity contribution in [3.63, 3.8) is 0 Å². The van der Waals surface area contributed by atoms with E-state index in [0.29, 0.717) is 36.2 Å². The first-order valence-electron chi connectivity index (χ1n) is 9.01. The average molecular weight is 362 g/mol. The number of hydrogen-bond acceptors (Lipinski definition) is 5. The summed E-state index contributed by atoms with van der Waals surface area (Å²) in [6, 6.07) is 0. The van der Waals surface area contributed by atoms with Crippen LogP contribution in [0.1, 0.15) is 63.0 Å². The second-order valence-corrected chi connectivity index (χ2v) is 7.79. The Hall–Kier alpha value is -2.08. The molecule has 2 aliphatic carbocycles. The van der Waals surface area contributed by atoms with Crippen molar-refractivity contribution in [2.45, 2.75) is 65.1 Å². The van der Waals surface area contributed by atoms with E-state index < -0.39 is 35.0 Å². The summed E-state index contributed by atoms with van der Waals surface area (Å²) in [4.78, 5) is 24.6. The van der Waals surface area contributed by atoms with Crippen molar-refractivity contribution >= 4 is 11.9 Å². The van der Waals surface area contributed by atoms with Gasteiger partial charge in [0.25, 0.3) is 0 Å². The number of rotatable bonds is 3. The molecule has 0 aliphatic heterocycles. The van der Waals surface area contributed by atoms with Gasteiger partial charge >= 0.3 is 11.9 Å². The van der Waals surface area contributed by atoms with Crippen LogP contribution in [0.3, 0.4) is 0 Å². The monoisotopic (exact) mass is 362 g/mol. The van der Waals surface area contributed by atoms with E-state index in [1.54, 1.807) is 33.1 Å². The van der Waals surface area contributed by atoms with Crippen molar-refractivity contribution in [3.8, 4) is 0 Å². The molecule has 2 N–H and O–H groups in total. The molecule has 0 radical (unpaired) electrons. The number of allylic oxidation sites excluding steroid dienone is 1. The standard InChI is InChI=1S/C20H26O6/c1-5-11(2)18(23)26-16-15-12(3)10-25-14(15)9-20(24)8-6-7-13(17(21)22)19(16,20)4/h5,10,13,16,24H,6-9H2,1-4H3,(H,21,22). The lowest BCUT2D eigenvalue weighted by molar-refractivity contribution is -0.219. The first kappa shape index (κ1) is 18.7. The molecule has 6 nitrogen and oxygen atoms in total. The number of furan rings is 1. The molecule has 0 bridgehead atoms. The highest BCUT2D eigenvalue weighted by Crippen LogP contribution is 2.61. The van der Waals surface area contributed by atoms with Crippen LogP contribution >= 0.6 is 0 Å². The van der Waals surface area contributed by atoms with Crippen molar-refractivity contribution < 1.29 is 29.0 Å². The van der Waals surface area contributed by atoms with Gasteiger partial charge in [-0.3, -0.25) is 4.79 Å². The molecule has 4 atom stereocenters. The number of carbonyl (C=O) groups excluding carboxylic acids is 1. The minimum absolute atomic E-state index is 0.229. The fourth-order valence-electron chi connectivity index (χ4n) is 4.64. The largest absolute Gasteiger partial charge is 0.481 e. The molecule has 1 heterocycles. The average Bonchev–Trinajstić information content (AvgIpc) is 2.94. The molecule has 0 amide bonds. The minimum atomic E-state index is -1.31. The number of carbonyl (C=O) groups is 2. The van der Waals surface area contributed by atoms with Crippen LogP contribution in [0, 0.1) is 18.3 Å². The molecule has 2 aliphatic rings. The van der Waals surface area contributed by atoms with Gasteiger partial charge in [0.15, 0.2) is 0 Å². The lowest BCUT2D eigenvalue weighted by Crippen LogP contribution is -2.62. The highest BCUT2D eigenvalue weighted by Gasteiger charge is 2.65. The van der Waals surface area contributed by atoms with Crippen molar-refractivity contribution in [2.24, 2.45) is 11.3 Å². The predicted octanol–water partition coefficient (Wildman–Crippen LogP) is 3.32. The van der Waals surface area contributed by atoms with E-state index in [-0.39, 0.29) is 6.42 Å². The van der Waals surface area contributed by atoms with Gasteiger partial charge in [0, 0.05) is 17.6 Å². The number of fused-ring (bicyclic) bond motifs is 2. The van der Waals surface area contributed by atoms with Gasteiger partial charge in [0.05, 0.1) is 23.2 Å². The van der Waals surface area contributed by atoms with Gasteiger partial charge in [-0.15, -0.1) is 0 Å². The van der Waals surface area contributed by atoms with E-state index in [1.165, 1.54) is 0 Å². The smallest absolute Gasteiger partial charge is 0.334 e. The Morgan fingerprint density at radius 2 is 2.12 bits per heavy atom. The van der Waals surface area contributed by atoms with Crippen LogP contribution in [-0.4, -0.2) is 27.8 Å². The van der Waals surface area contributed by atoms with Gasteiger partial charge in [-0.2, -0.15) is 0 Å². The summed E-state index contributed by atoms with van der Waals surface area (Å²) >= 11 is 0. The Labute approximate surface area is 152 Å². The van der Waals surface area contributed by atoms with Gasteiger partial charge < -0.3 is 19.4 Å². The summed E-state index contributed by atoms with van der Waals surface area (Å²) in [6.07, 6.45) is 4.07. The number of aliphatic hydroxyl groups is 1. The van der Waals surface area contributed by atoms with E-state index in [1.807, 2.05) is 6.92 Å². The van der Waals surface area contributed by atoms with Crippen LogP contribution in [0.4, 0.5) is 0 Å². The Morgan fingerprint density at radius 1 is 1.42 bits per heavy atom. The summed E-state index contributed by atoms with van der Waals surface area (Å²) in [6.45, 7) is 6.98. The van der Waals surface area contributed by atoms with E-state index in [9.17, 15) is 19.8 Å². The number of carboxylic acid groups (broad SMARTS) is 1. The molecule has 1 aromatic rings. The van der Waals surface area contributed by atoms with E-state index in [0.717, 1.165) is 5.56 Å². The molecular weight excluding hydrogens is 336 g/mol. The predicted molar refractivity (Wildman–Crippen MR) is 93.4 cm³/mol. The van der Waals surface area contributed by atoms with Gasteiger partial charge in [0.1, 0.15) is 11.9 Å². The summed E-state index contributed by atoms with van der Waals surface area (Å²) in [7, 11) is 0. The van der Waals surface area contributed by atoms with E-state index in [2.05, 4.69) is 0 Å². The molecule has 0 spiro atoms. The molecule has 1 fully saturated rings. The summed E-state index contributed by atoms with van der Waals surface area (Å²) < 4.78 is 11.5. The van der Waals surface area contributed by atoms with Crippen molar-refractivity contribution in [3.05, 3.63) is 34.8 Å². The van der Waals surface area contributed by atoms with E-state index in [4.69, 9.17) is 9.15 Å². The topological polar surface area (TPSA) is 97.0 Å². The van der Waals surface area contributed by atoms with Crippen LogP contribution < -0.4 is 0 Å². The Balaban J connectivity index is 2.18. The minimum Gasteiger partial charge on any atom is -0.481 e. The highest BCUT2D eigenvalue weighted by molar-refractivity contribution is 5.88. The lowest BCUT2D eigenvalue weighted by atomic mass is 9.51. The first-order valence-corrected chi connectivity index (χ1v) is 9.01. The SMILES string of the molecule is CC=C(C)C(=O)OC1c2c(C)coc2CC2(O)CCCC(C(=O)O)C12C. The third kappa shape index (κ3) is 2.50. The van der Waals surface area contributed by atoms with Crippen LogP contribution in [0.15, 0.2) is 22.3 Å². The number of hydrogen-bond donors (Lipinski definition) is 2. The molecule has 0 aromatic carbocycles. The zero-order chi connectivity index (χ0) is 19.3. The normalized spacial score (nSPS) is 34.0. The van der Waals surface area contributed by atoms with Gasteiger partial charge in [-0.1, -0.05) is 13.0 Å². The number of carboxylic acids is 1. The molecule has 1 aromatic heterocycles. The van der Waals surface area contributed by atoms with Crippen molar-refractivity contribution in [1.82, 2.24) is 0 Å². The molecule has 142 valence electrons. The summed E-state index contributed by atoms with van der Waals surface area (Å²) in [5, 5.41) is 21.3. The molecule has 0 saturated heterocycles. The highest BCUT2D eigenvalue weighted by atomic mass is 16.5. The van der Waals surface area contributed by atoms with Crippen molar-refractivity contribution in [1.29, 1.82) is 0 Å². The number of ether oxygens (including phenoxy) is 1. The number of aryl methyl sites for hydroxylation is 1. The Kier molecular flexibility index (Phi) is 4.51. The third-order valence-corrected chi connectivity index (χ3v) is 6.45. The molecular formula is C20H26O6. The fraction of sp³-hybridized carbons (Fsp3) is 0.600. The van der Waals surface area contributed by atoms with Crippen LogP contribution in [0.25, 0.3) is 0 Å². The van der Waals surface area contributed by atoms with Crippen LogP contribution in [-0.2, 0) is 20.7 Å². The summed E-state index contributed by atoms with van der Waals surface area (Å²) in [5.41, 5.74) is -0.507. The second kappa shape index (κ2) is 6.27. The zero-order valence-electron chi connectivity index (χ0n) is 15.7. The maximum Gasteiger partial charge on any atom is 0.334 e. The number of esters is 1. The van der Waals surface area contributed by atoms with Crippen molar-refractivity contribution in [2.75, 3.05) is 0 Å². The van der Waals surface area contributed by atoms with Crippen LogP contribution in [0.5, 0.6) is 0 Å². The maximum absolute atomic E-state index is 12.5.